The van der Waals surface area contributed by atoms with Crippen LogP contribution in [0.4, 0.5) is 0 Å². The van der Waals surface area contributed by atoms with E-state index >= 15 is 0 Å². The lowest BCUT2D eigenvalue weighted by atomic mass is 10.0. The molecule has 3 heterocycles. The largest absolute Gasteiger partial charge is 0.467 e. The van der Waals surface area contributed by atoms with Crippen LogP contribution in [0.5, 0.6) is 0 Å². The minimum Gasteiger partial charge on any atom is -0.467 e. The predicted molar refractivity (Wildman–Crippen MR) is 118 cm³/mol. The number of esters is 1. The highest BCUT2D eigenvalue weighted by Gasteiger charge is 2.25. The molecule has 0 bridgehead atoms. The van der Waals surface area contributed by atoms with Crippen LogP contribution in [0.15, 0.2) is 60.8 Å². The van der Waals surface area contributed by atoms with Crippen molar-refractivity contribution in [3.8, 4) is 0 Å². The van der Waals surface area contributed by atoms with Gasteiger partial charge in [0.1, 0.15) is 6.04 Å². The molecule has 3 aromatic heterocycles. The molecule has 150 valence electrons. The topological polar surface area (TPSA) is 75.6 Å². The molecule has 0 aliphatic rings. The van der Waals surface area contributed by atoms with Crippen molar-refractivity contribution in [2.75, 3.05) is 7.11 Å². The van der Waals surface area contributed by atoms with E-state index < -0.39 is 12.0 Å². The molecule has 0 radical (unpaired) electrons. The smallest absolute Gasteiger partial charge is 0.328 e. The van der Waals surface area contributed by atoms with Gasteiger partial charge in [-0.3, -0.25) is 4.79 Å². The summed E-state index contributed by atoms with van der Waals surface area (Å²) < 4.78 is 7.10. The number of hydrogen-bond donors (Lipinski definition) is 2. The van der Waals surface area contributed by atoms with Gasteiger partial charge in [-0.25, -0.2) is 4.79 Å². The summed E-state index contributed by atoms with van der Waals surface area (Å²) in [4.78, 5) is 27.7. The van der Waals surface area contributed by atoms with Gasteiger partial charge in [-0.1, -0.05) is 36.4 Å². The molecule has 0 spiro atoms. The second-order valence-electron chi connectivity index (χ2n) is 7.47. The number of amides is 1. The molecule has 1 atom stereocenters. The minimum absolute atomic E-state index is 0.269. The number of aromatic nitrogens is 2. The van der Waals surface area contributed by atoms with Crippen LogP contribution in [0.3, 0.4) is 0 Å². The fourth-order valence-corrected chi connectivity index (χ4v) is 4.42. The molecule has 5 aromatic rings. The molecular weight excluding hydrogens is 378 g/mol. The standard InChI is InChI=1S/C24H21N3O3/c1-14(28)25-20(24(29)30-2)13-18-16-8-4-6-10-21(16)27-12-11-17-15-7-3-5-9-19(15)26-22(17)23(18)27/h3-12,20,26H,13H2,1-2H3,(H,25,28)/t20-/m0/s1. The van der Waals surface area contributed by atoms with Crippen LogP contribution in [-0.2, 0) is 20.7 Å². The average molecular weight is 399 g/mol. The van der Waals surface area contributed by atoms with Gasteiger partial charge in [-0.2, -0.15) is 0 Å². The molecule has 2 aromatic carbocycles. The number of para-hydroxylation sites is 2. The molecule has 0 saturated carbocycles. The highest BCUT2D eigenvalue weighted by atomic mass is 16.5. The zero-order valence-electron chi connectivity index (χ0n) is 16.7. The molecule has 6 nitrogen and oxygen atoms in total. The Kier molecular flexibility index (Phi) is 4.20. The van der Waals surface area contributed by atoms with Crippen LogP contribution >= 0.6 is 0 Å². The summed E-state index contributed by atoms with van der Waals surface area (Å²) in [6.45, 7) is 1.40. The number of ether oxygens (including phenoxy) is 1. The van der Waals surface area contributed by atoms with Crippen LogP contribution in [0.1, 0.15) is 12.5 Å². The number of aromatic amines is 1. The van der Waals surface area contributed by atoms with Gasteiger partial charge < -0.3 is 19.4 Å². The molecule has 0 saturated heterocycles. The van der Waals surface area contributed by atoms with Gasteiger partial charge in [-0.15, -0.1) is 0 Å². The number of methoxy groups -OCH3 is 1. The first-order chi connectivity index (χ1) is 14.6. The maximum atomic E-state index is 12.4. The van der Waals surface area contributed by atoms with Crippen molar-refractivity contribution >= 4 is 50.1 Å². The highest BCUT2D eigenvalue weighted by molar-refractivity contribution is 6.15. The van der Waals surface area contributed by atoms with Crippen molar-refractivity contribution in [2.45, 2.75) is 19.4 Å². The number of rotatable bonds is 4. The first-order valence-corrected chi connectivity index (χ1v) is 9.84. The third-order valence-electron chi connectivity index (χ3n) is 5.66. The maximum Gasteiger partial charge on any atom is 0.328 e. The quantitative estimate of drug-likeness (QED) is 0.450. The van der Waals surface area contributed by atoms with E-state index in [9.17, 15) is 9.59 Å². The van der Waals surface area contributed by atoms with Crippen molar-refractivity contribution < 1.29 is 14.3 Å². The summed E-state index contributed by atoms with van der Waals surface area (Å²) in [5, 5.41) is 6.06. The Morgan fingerprint density at radius 2 is 1.77 bits per heavy atom. The zero-order chi connectivity index (χ0) is 20.8. The van der Waals surface area contributed by atoms with E-state index in [0.717, 1.165) is 43.8 Å². The lowest BCUT2D eigenvalue weighted by molar-refractivity contribution is -0.144. The fraction of sp³-hybridized carbons (Fsp3) is 0.167. The van der Waals surface area contributed by atoms with E-state index in [2.05, 4.69) is 45.2 Å². The number of pyridine rings is 1. The Bertz CT molecular complexity index is 1440. The molecule has 6 heteroatoms. The lowest BCUT2D eigenvalue weighted by Gasteiger charge is -2.15. The lowest BCUT2D eigenvalue weighted by Crippen LogP contribution is -2.42. The van der Waals surface area contributed by atoms with Crippen LogP contribution in [0.2, 0.25) is 0 Å². The summed E-state index contributed by atoms with van der Waals surface area (Å²) >= 11 is 0. The Balaban J connectivity index is 1.84. The van der Waals surface area contributed by atoms with Crippen molar-refractivity contribution in [2.24, 2.45) is 0 Å². The van der Waals surface area contributed by atoms with Crippen molar-refractivity contribution in [1.29, 1.82) is 0 Å². The number of benzene rings is 2. The number of fused-ring (bicyclic) bond motifs is 7. The van der Waals surface area contributed by atoms with Gasteiger partial charge in [-0.05, 0) is 23.8 Å². The van der Waals surface area contributed by atoms with E-state index in [0.29, 0.717) is 6.42 Å². The second kappa shape index (κ2) is 6.91. The number of H-pyrrole nitrogens is 1. The maximum absolute atomic E-state index is 12.4. The molecule has 5 rings (SSSR count). The first kappa shape index (κ1) is 18.2. The molecular formula is C24H21N3O3. The average Bonchev–Trinajstić information content (AvgIpc) is 3.28. The van der Waals surface area contributed by atoms with E-state index in [4.69, 9.17) is 4.74 Å². The molecule has 0 aliphatic carbocycles. The summed E-state index contributed by atoms with van der Waals surface area (Å²) in [6.07, 6.45) is 2.40. The number of nitrogens with zero attached hydrogens (tertiary/aromatic N) is 1. The molecule has 2 N–H and O–H groups in total. The van der Waals surface area contributed by atoms with Gasteiger partial charge in [0.2, 0.25) is 5.91 Å². The number of nitrogens with one attached hydrogen (secondary N) is 2. The van der Waals surface area contributed by atoms with E-state index in [-0.39, 0.29) is 5.91 Å². The second-order valence-corrected chi connectivity index (χ2v) is 7.47. The van der Waals surface area contributed by atoms with Crippen molar-refractivity contribution in [3.63, 3.8) is 0 Å². The normalized spacial score (nSPS) is 12.6. The van der Waals surface area contributed by atoms with Crippen molar-refractivity contribution in [3.05, 3.63) is 66.4 Å². The number of carbonyl (C=O) groups is 2. The molecule has 0 aliphatic heterocycles. The SMILES string of the molecule is COC(=O)[C@H](Cc1c2ccccc2n2ccc3c4ccccc4[nH]c3c12)NC(C)=O. The summed E-state index contributed by atoms with van der Waals surface area (Å²) in [5.74, 6) is -0.730. The molecule has 30 heavy (non-hydrogen) atoms. The highest BCUT2D eigenvalue weighted by Crippen LogP contribution is 2.35. The summed E-state index contributed by atoms with van der Waals surface area (Å²) in [7, 11) is 1.34. The van der Waals surface area contributed by atoms with E-state index in [1.165, 1.54) is 14.0 Å². The third kappa shape index (κ3) is 2.72. The van der Waals surface area contributed by atoms with E-state index in [1.807, 2.05) is 30.3 Å². The Hall–Kier alpha value is -3.80. The zero-order valence-corrected chi connectivity index (χ0v) is 16.7. The molecule has 0 unspecified atom stereocenters. The molecule has 0 fully saturated rings. The monoisotopic (exact) mass is 399 g/mol. The van der Waals surface area contributed by atoms with Gasteiger partial charge >= 0.3 is 5.97 Å². The van der Waals surface area contributed by atoms with Crippen LogP contribution in [-0.4, -0.2) is 34.4 Å². The fourth-order valence-electron chi connectivity index (χ4n) is 4.42. The van der Waals surface area contributed by atoms with Gasteiger partial charge in [0.25, 0.3) is 0 Å². The number of carbonyl (C=O) groups excluding carboxylic acids is 2. The van der Waals surface area contributed by atoms with Gasteiger partial charge in [0, 0.05) is 41.2 Å². The first-order valence-electron chi connectivity index (χ1n) is 9.84. The van der Waals surface area contributed by atoms with Crippen LogP contribution in [0.25, 0.3) is 38.2 Å². The number of hydrogen-bond acceptors (Lipinski definition) is 3. The Labute approximate surface area is 172 Å². The summed E-state index contributed by atoms with van der Waals surface area (Å²) in [5.41, 5.74) is 5.12. The predicted octanol–water partition coefficient (Wildman–Crippen LogP) is 3.95. The Morgan fingerprint density at radius 3 is 2.53 bits per heavy atom. The Morgan fingerprint density at radius 1 is 1.03 bits per heavy atom. The van der Waals surface area contributed by atoms with E-state index in [1.54, 1.807) is 0 Å². The van der Waals surface area contributed by atoms with Gasteiger partial charge in [0.15, 0.2) is 0 Å². The molecule has 1 amide bonds. The van der Waals surface area contributed by atoms with Gasteiger partial charge in [0.05, 0.1) is 23.7 Å². The summed E-state index contributed by atoms with van der Waals surface area (Å²) in [6, 6.07) is 17.6. The van der Waals surface area contributed by atoms with Crippen molar-refractivity contribution in [1.82, 2.24) is 14.7 Å². The minimum atomic E-state index is -0.762. The van der Waals surface area contributed by atoms with Crippen LogP contribution < -0.4 is 5.32 Å². The van der Waals surface area contributed by atoms with Crippen LogP contribution in [0, 0.1) is 0 Å². The third-order valence-corrected chi connectivity index (χ3v) is 5.66.